The van der Waals surface area contributed by atoms with E-state index in [0.29, 0.717) is 6.07 Å². The maximum Gasteiger partial charge on any atom is 0.534 e. The molecule has 0 unspecified atom stereocenters. The average Bonchev–Trinajstić information content (AvgIpc) is 2.52. The fraction of sp³-hybridized carbons (Fsp3) is 0.154. The van der Waals surface area contributed by atoms with Gasteiger partial charge in [0.1, 0.15) is 5.56 Å². The number of rotatable bonds is 4. The zero-order chi connectivity index (χ0) is 19.0. The lowest BCUT2D eigenvalue weighted by Gasteiger charge is -2.14. The topological polar surface area (TPSA) is 113 Å². The van der Waals surface area contributed by atoms with E-state index in [-0.39, 0.29) is 10.8 Å². The molecule has 0 aliphatic carbocycles. The highest BCUT2D eigenvalue weighted by molar-refractivity contribution is 7.88. The summed E-state index contributed by atoms with van der Waals surface area (Å²) in [5.41, 5.74) is -7.23. The van der Waals surface area contributed by atoms with Crippen LogP contribution in [0.25, 0.3) is 10.8 Å². The normalized spacial score (nSPS) is 12.0. The molecule has 25 heavy (non-hydrogen) atoms. The van der Waals surface area contributed by atoms with E-state index < -0.39 is 43.5 Å². The fourth-order valence-corrected chi connectivity index (χ4v) is 2.48. The number of alkyl halides is 3. The van der Waals surface area contributed by atoms with E-state index in [4.69, 9.17) is 0 Å². The molecule has 134 valence electrons. The van der Waals surface area contributed by atoms with E-state index >= 15 is 0 Å². The molecule has 0 saturated carbocycles. The van der Waals surface area contributed by atoms with Crippen molar-refractivity contribution < 1.29 is 40.2 Å². The number of nitrogens with zero attached hydrogens (tertiary/aromatic N) is 1. The van der Waals surface area contributed by atoms with Crippen molar-refractivity contribution in [3.8, 4) is 5.75 Å². The average molecular weight is 379 g/mol. The third-order valence-corrected chi connectivity index (χ3v) is 4.00. The van der Waals surface area contributed by atoms with Gasteiger partial charge in [-0.3, -0.25) is 10.1 Å². The summed E-state index contributed by atoms with van der Waals surface area (Å²) in [5.74, 6) is -2.31. The van der Waals surface area contributed by atoms with Gasteiger partial charge in [-0.05, 0) is 6.07 Å². The maximum atomic E-state index is 12.6. The number of ether oxygens (including phenoxy) is 1. The number of benzene rings is 2. The minimum Gasteiger partial charge on any atom is -0.465 e. The molecule has 8 nitrogen and oxygen atoms in total. The van der Waals surface area contributed by atoms with E-state index in [1.165, 1.54) is 18.2 Å². The Kier molecular flexibility index (Phi) is 4.57. The summed E-state index contributed by atoms with van der Waals surface area (Å²) in [6, 6.07) is 5.46. The molecule has 0 atom stereocenters. The number of halogens is 3. The summed E-state index contributed by atoms with van der Waals surface area (Å²) in [7, 11) is -5.25. The number of methoxy groups -OCH3 is 1. The molecule has 12 heteroatoms. The summed E-state index contributed by atoms with van der Waals surface area (Å²) in [4.78, 5) is 22.1. The van der Waals surface area contributed by atoms with Gasteiger partial charge in [0.25, 0.3) is 5.69 Å². The highest BCUT2D eigenvalue weighted by Crippen LogP contribution is 2.39. The van der Waals surface area contributed by atoms with Gasteiger partial charge >= 0.3 is 21.6 Å². The summed E-state index contributed by atoms with van der Waals surface area (Å²) in [5, 5.41) is 10.6. The quantitative estimate of drug-likeness (QED) is 0.264. The lowest BCUT2D eigenvalue weighted by Crippen LogP contribution is -2.28. The number of carbonyl (C=O) groups is 1. The number of nitro benzene ring substituents is 1. The van der Waals surface area contributed by atoms with Crippen LogP contribution in [0.5, 0.6) is 5.75 Å². The number of hydrogen-bond acceptors (Lipinski definition) is 7. The molecular formula is C13H8F3NO7S. The van der Waals surface area contributed by atoms with Crippen LogP contribution in [0, 0.1) is 10.1 Å². The second-order valence-electron chi connectivity index (χ2n) is 4.55. The van der Waals surface area contributed by atoms with Gasteiger partial charge in [-0.2, -0.15) is 21.6 Å². The van der Waals surface area contributed by atoms with Gasteiger partial charge in [0.2, 0.25) is 0 Å². The van der Waals surface area contributed by atoms with Crippen molar-refractivity contribution in [3.63, 3.8) is 0 Å². The first-order chi connectivity index (χ1) is 11.5. The highest BCUT2D eigenvalue weighted by atomic mass is 32.2. The zero-order valence-corrected chi connectivity index (χ0v) is 13.1. The Morgan fingerprint density at radius 1 is 1.20 bits per heavy atom. The molecule has 2 rings (SSSR count). The lowest BCUT2D eigenvalue weighted by molar-refractivity contribution is -0.383. The minimum absolute atomic E-state index is 0.215. The van der Waals surface area contributed by atoms with Crippen LogP contribution in [0.1, 0.15) is 10.4 Å². The van der Waals surface area contributed by atoms with Crippen molar-refractivity contribution in [3.05, 3.63) is 46.0 Å². The predicted molar refractivity (Wildman–Crippen MR) is 77.5 cm³/mol. The standard InChI is InChI=1S/C13H8F3NO7S/c1-23-12(18)9-6-10(17(19)20)7-4-2-3-5-8(7)11(9)24-25(21,22)13(14,15)16/h2-6H,1H3. The van der Waals surface area contributed by atoms with Gasteiger partial charge in [0.05, 0.1) is 17.4 Å². The largest absolute Gasteiger partial charge is 0.534 e. The van der Waals surface area contributed by atoms with Crippen LogP contribution in [0.3, 0.4) is 0 Å². The Balaban J connectivity index is 2.88. The molecule has 0 aliphatic rings. The zero-order valence-electron chi connectivity index (χ0n) is 12.2. The predicted octanol–water partition coefficient (Wildman–Crippen LogP) is 2.76. The fourth-order valence-electron chi connectivity index (χ4n) is 1.99. The van der Waals surface area contributed by atoms with Crippen molar-refractivity contribution in [2.24, 2.45) is 0 Å². The second kappa shape index (κ2) is 6.20. The first-order valence-electron chi connectivity index (χ1n) is 6.29. The van der Waals surface area contributed by atoms with E-state index in [9.17, 15) is 36.5 Å². The Morgan fingerprint density at radius 3 is 2.24 bits per heavy atom. The molecule has 2 aromatic rings. The SMILES string of the molecule is COC(=O)c1cc([N+](=O)[O-])c2ccccc2c1OS(=O)(=O)C(F)(F)F. The molecule has 0 aliphatic heterocycles. The van der Waals surface area contributed by atoms with Crippen molar-refractivity contribution in [1.82, 2.24) is 0 Å². The molecule has 0 amide bonds. The Bertz CT molecular complexity index is 969. The highest BCUT2D eigenvalue weighted by Gasteiger charge is 2.49. The molecule has 0 spiro atoms. The minimum atomic E-state index is -6.12. The summed E-state index contributed by atoms with van der Waals surface area (Å²) >= 11 is 0. The smallest absolute Gasteiger partial charge is 0.465 e. The summed E-state index contributed by atoms with van der Waals surface area (Å²) in [6.07, 6.45) is 0. The third-order valence-electron chi connectivity index (χ3n) is 3.05. The molecule has 2 aromatic carbocycles. The number of nitro groups is 1. The van der Waals surface area contributed by atoms with Crippen molar-refractivity contribution in [2.75, 3.05) is 7.11 Å². The van der Waals surface area contributed by atoms with Crippen LogP contribution in [0.2, 0.25) is 0 Å². The second-order valence-corrected chi connectivity index (χ2v) is 6.09. The van der Waals surface area contributed by atoms with Crippen LogP contribution in [-0.2, 0) is 14.9 Å². The van der Waals surface area contributed by atoms with Gasteiger partial charge in [0, 0.05) is 11.5 Å². The molecular weight excluding hydrogens is 371 g/mol. The number of esters is 1. The molecule has 0 heterocycles. The van der Waals surface area contributed by atoms with E-state index in [1.807, 2.05) is 0 Å². The van der Waals surface area contributed by atoms with Crippen molar-refractivity contribution >= 4 is 32.5 Å². The van der Waals surface area contributed by atoms with Gasteiger partial charge in [0.15, 0.2) is 5.75 Å². The molecule has 0 N–H and O–H groups in total. The summed E-state index contributed by atoms with van der Waals surface area (Å²) < 4.78 is 68.9. The van der Waals surface area contributed by atoms with Gasteiger partial charge in [-0.15, -0.1) is 0 Å². The lowest BCUT2D eigenvalue weighted by atomic mass is 10.0. The Morgan fingerprint density at radius 2 is 1.76 bits per heavy atom. The van der Waals surface area contributed by atoms with Crippen LogP contribution in [-0.4, -0.2) is 31.9 Å². The van der Waals surface area contributed by atoms with Gasteiger partial charge in [-0.25, -0.2) is 4.79 Å². The number of non-ortho nitro benzene ring substituents is 1. The third kappa shape index (κ3) is 3.33. The van der Waals surface area contributed by atoms with Crippen LogP contribution in [0.4, 0.5) is 18.9 Å². The first kappa shape index (κ1) is 18.4. The van der Waals surface area contributed by atoms with E-state index in [1.54, 1.807) is 0 Å². The molecule has 0 bridgehead atoms. The molecule has 0 radical (unpaired) electrons. The van der Waals surface area contributed by atoms with Crippen molar-refractivity contribution in [1.29, 1.82) is 0 Å². The Hall–Kier alpha value is -2.89. The van der Waals surface area contributed by atoms with E-state index in [2.05, 4.69) is 8.92 Å². The Labute approximate surface area is 138 Å². The maximum absolute atomic E-state index is 12.6. The number of carbonyl (C=O) groups excluding carboxylic acids is 1. The van der Waals surface area contributed by atoms with Crippen LogP contribution < -0.4 is 4.18 Å². The molecule has 0 saturated heterocycles. The number of fused-ring (bicyclic) bond motifs is 1. The van der Waals surface area contributed by atoms with Crippen molar-refractivity contribution in [2.45, 2.75) is 5.51 Å². The van der Waals surface area contributed by atoms with E-state index in [0.717, 1.165) is 13.2 Å². The monoisotopic (exact) mass is 379 g/mol. The van der Waals surface area contributed by atoms with Gasteiger partial charge < -0.3 is 8.92 Å². The van der Waals surface area contributed by atoms with Crippen LogP contribution >= 0.6 is 0 Å². The van der Waals surface area contributed by atoms with Crippen LogP contribution in [0.15, 0.2) is 30.3 Å². The molecule has 0 fully saturated rings. The number of hydrogen-bond donors (Lipinski definition) is 0. The van der Waals surface area contributed by atoms with Gasteiger partial charge in [-0.1, -0.05) is 18.2 Å². The molecule has 0 aromatic heterocycles. The first-order valence-corrected chi connectivity index (χ1v) is 7.69. The summed E-state index contributed by atoms with van der Waals surface area (Å²) in [6.45, 7) is 0.